The number of nitrogens with one attached hydrogen (secondary N) is 2. The number of nitrogens with zero attached hydrogens (tertiary/aromatic N) is 2. The van der Waals surface area contributed by atoms with E-state index in [1.165, 1.54) is 46.6 Å². The van der Waals surface area contributed by atoms with Crippen molar-refractivity contribution >= 4 is 33.3 Å². The minimum atomic E-state index is -3.81. The molecule has 4 atom stereocenters. The molecule has 3 N–H and O–H groups in total. The standard InChI is InChI=1S/C36H47FN4O7S/c1-24-9-16-31(17-10-24)49(45,46)40(5)22-34-25(2)21-41(26(3)23-42)35(43)32-20-30(39-36(44)38-29-13-11-28(37)12-14-29)15-18-33(32)48-27(4)8-6-7-19-47-34/h9-18,20,25-27,34,42H,6-8,19,21-23H2,1-5H3,(H2,38,39,44)/t25-,26-,27+,34+/m1/s1. The second-order valence-corrected chi connectivity index (χ2v) is 14.7. The van der Waals surface area contributed by atoms with Crippen molar-refractivity contribution in [3.63, 3.8) is 0 Å². The van der Waals surface area contributed by atoms with Crippen molar-refractivity contribution in [1.82, 2.24) is 9.21 Å². The molecule has 11 nitrogen and oxygen atoms in total. The first-order chi connectivity index (χ1) is 23.3. The monoisotopic (exact) mass is 698 g/mol. The van der Waals surface area contributed by atoms with Crippen molar-refractivity contribution in [3.05, 3.63) is 83.7 Å². The zero-order chi connectivity index (χ0) is 35.7. The molecule has 4 rings (SSSR count). The van der Waals surface area contributed by atoms with E-state index in [1.54, 1.807) is 43.3 Å². The van der Waals surface area contributed by atoms with Crippen molar-refractivity contribution in [2.45, 2.75) is 70.1 Å². The lowest BCUT2D eigenvalue weighted by Gasteiger charge is -2.35. The Morgan fingerprint density at radius 2 is 1.69 bits per heavy atom. The number of ether oxygens (including phenoxy) is 2. The lowest BCUT2D eigenvalue weighted by atomic mass is 10.0. The molecule has 3 aromatic carbocycles. The van der Waals surface area contributed by atoms with Crippen LogP contribution in [0.1, 0.15) is 56.0 Å². The van der Waals surface area contributed by atoms with E-state index in [0.29, 0.717) is 30.2 Å². The molecule has 0 fully saturated rings. The Balaban J connectivity index is 1.62. The van der Waals surface area contributed by atoms with Crippen LogP contribution in [0, 0.1) is 18.7 Å². The Bertz CT molecular complexity index is 1670. The van der Waals surface area contributed by atoms with Crippen molar-refractivity contribution in [3.8, 4) is 5.75 Å². The summed E-state index contributed by atoms with van der Waals surface area (Å²) in [5.74, 6) is -0.881. The average Bonchev–Trinajstić information content (AvgIpc) is 3.07. The first-order valence-corrected chi connectivity index (χ1v) is 17.9. The van der Waals surface area contributed by atoms with Gasteiger partial charge in [-0.1, -0.05) is 24.6 Å². The van der Waals surface area contributed by atoms with Gasteiger partial charge in [-0.05, 0) is 94.6 Å². The lowest BCUT2D eigenvalue weighted by molar-refractivity contribution is -0.00833. The maximum atomic E-state index is 14.3. The van der Waals surface area contributed by atoms with E-state index in [4.69, 9.17) is 9.47 Å². The number of likely N-dealkylation sites (N-methyl/N-ethyl adjacent to an activating group) is 1. The topological polar surface area (TPSA) is 138 Å². The maximum Gasteiger partial charge on any atom is 0.323 e. The molecule has 0 radical (unpaired) electrons. The summed E-state index contributed by atoms with van der Waals surface area (Å²) in [4.78, 5) is 28.8. The smallest absolute Gasteiger partial charge is 0.323 e. The van der Waals surface area contributed by atoms with Gasteiger partial charge in [-0.15, -0.1) is 0 Å². The SMILES string of the molecule is Cc1ccc(S(=O)(=O)N(C)C[C@@H]2OCCCC[C@H](C)Oc3ccc(NC(=O)Nc4ccc(F)cc4)cc3C(=O)N([C@H](C)CO)C[C@H]2C)cc1. The fourth-order valence-corrected chi connectivity index (χ4v) is 6.71. The van der Waals surface area contributed by atoms with E-state index < -0.39 is 39.9 Å². The molecule has 13 heteroatoms. The van der Waals surface area contributed by atoms with Crippen LogP contribution in [0.3, 0.4) is 0 Å². The number of aliphatic hydroxyl groups is 1. The van der Waals surface area contributed by atoms with Gasteiger partial charge in [0.2, 0.25) is 10.0 Å². The highest BCUT2D eigenvalue weighted by atomic mass is 32.2. The van der Waals surface area contributed by atoms with Crippen molar-refractivity contribution in [2.75, 3.05) is 44.0 Å². The summed E-state index contributed by atoms with van der Waals surface area (Å²) < 4.78 is 54.1. The van der Waals surface area contributed by atoms with Crippen LogP contribution in [0.5, 0.6) is 5.75 Å². The lowest BCUT2D eigenvalue weighted by Crippen LogP contribution is -2.48. The van der Waals surface area contributed by atoms with Gasteiger partial charge < -0.3 is 30.1 Å². The Labute approximate surface area is 288 Å². The van der Waals surface area contributed by atoms with Crippen LogP contribution in [0.2, 0.25) is 0 Å². The van der Waals surface area contributed by atoms with Gasteiger partial charge in [-0.25, -0.2) is 17.6 Å². The predicted molar refractivity (Wildman–Crippen MR) is 187 cm³/mol. The van der Waals surface area contributed by atoms with Crippen molar-refractivity contribution in [2.24, 2.45) is 5.92 Å². The number of sulfonamides is 1. The summed E-state index contributed by atoms with van der Waals surface area (Å²) in [6, 6.07) is 15.6. The highest BCUT2D eigenvalue weighted by Gasteiger charge is 2.32. The minimum absolute atomic E-state index is 0.0558. The van der Waals surface area contributed by atoms with E-state index in [9.17, 15) is 27.5 Å². The van der Waals surface area contributed by atoms with Gasteiger partial charge in [0, 0.05) is 44.0 Å². The molecule has 0 unspecified atom stereocenters. The summed E-state index contributed by atoms with van der Waals surface area (Å²) in [5.41, 5.74) is 1.84. The summed E-state index contributed by atoms with van der Waals surface area (Å²) >= 11 is 0. The molecule has 0 spiro atoms. The molecule has 3 amide bonds. The van der Waals surface area contributed by atoms with E-state index in [-0.39, 0.29) is 42.2 Å². The van der Waals surface area contributed by atoms with Gasteiger partial charge in [0.15, 0.2) is 0 Å². The van der Waals surface area contributed by atoms with Gasteiger partial charge in [0.1, 0.15) is 11.6 Å². The second-order valence-electron chi connectivity index (χ2n) is 12.7. The highest BCUT2D eigenvalue weighted by molar-refractivity contribution is 7.89. The highest BCUT2D eigenvalue weighted by Crippen LogP contribution is 2.29. The van der Waals surface area contributed by atoms with Crippen LogP contribution in [-0.2, 0) is 14.8 Å². The quantitative estimate of drug-likeness (QED) is 0.267. The van der Waals surface area contributed by atoms with Gasteiger partial charge in [-0.3, -0.25) is 4.79 Å². The first-order valence-electron chi connectivity index (χ1n) is 16.5. The number of carbonyl (C=O) groups excluding carboxylic acids is 2. The zero-order valence-corrected chi connectivity index (χ0v) is 29.5. The van der Waals surface area contributed by atoms with E-state index in [2.05, 4.69) is 10.6 Å². The minimum Gasteiger partial charge on any atom is -0.490 e. The van der Waals surface area contributed by atoms with Crippen LogP contribution >= 0.6 is 0 Å². The van der Waals surface area contributed by atoms with Gasteiger partial charge >= 0.3 is 6.03 Å². The van der Waals surface area contributed by atoms with Crippen LogP contribution in [0.25, 0.3) is 0 Å². The van der Waals surface area contributed by atoms with Crippen LogP contribution < -0.4 is 15.4 Å². The normalized spacial score (nSPS) is 20.1. The number of fused-ring (bicyclic) bond motifs is 1. The molecule has 0 saturated heterocycles. The van der Waals surface area contributed by atoms with Crippen LogP contribution in [0.15, 0.2) is 71.6 Å². The number of amides is 3. The number of carbonyl (C=O) groups is 2. The van der Waals surface area contributed by atoms with E-state index >= 15 is 0 Å². The van der Waals surface area contributed by atoms with Crippen molar-refractivity contribution < 1.29 is 37.0 Å². The zero-order valence-electron chi connectivity index (χ0n) is 28.7. The summed E-state index contributed by atoms with van der Waals surface area (Å²) in [7, 11) is -2.29. The average molecular weight is 699 g/mol. The Kier molecular flexibility index (Phi) is 13.2. The number of hydrogen-bond acceptors (Lipinski definition) is 7. The number of halogens is 1. The van der Waals surface area contributed by atoms with E-state index in [1.807, 2.05) is 20.8 Å². The summed E-state index contributed by atoms with van der Waals surface area (Å²) in [5, 5.41) is 15.6. The predicted octanol–water partition coefficient (Wildman–Crippen LogP) is 5.89. The summed E-state index contributed by atoms with van der Waals surface area (Å²) in [6.07, 6.45) is 1.36. The molecule has 49 heavy (non-hydrogen) atoms. The molecule has 266 valence electrons. The number of urea groups is 1. The third-order valence-electron chi connectivity index (χ3n) is 8.58. The van der Waals surface area contributed by atoms with Gasteiger partial charge in [-0.2, -0.15) is 4.31 Å². The first kappa shape index (κ1) is 37.8. The second kappa shape index (κ2) is 17.1. The number of rotatable bonds is 8. The maximum absolute atomic E-state index is 14.3. The van der Waals surface area contributed by atoms with Crippen LogP contribution in [0.4, 0.5) is 20.6 Å². The molecular weight excluding hydrogens is 651 g/mol. The molecule has 3 aromatic rings. The molecule has 1 aliphatic heterocycles. The number of hydrogen-bond donors (Lipinski definition) is 3. The molecule has 0 bridgehead atoms. The van der Waals surface area contributed by atoms with E-state index in [0.717, 1.165) is 18.4 Å². The Hall–Kier alpha value is -4.04. The van der Waals surface area contributed by atoms with Gasteiger partial charge in [0.05, 0.1) is 35.3 Å². The summed E-state index contributed by atoms with van der Waals surface area (Å²) in [6.45, 7) is 7.68. The molecular formula is C36H47FN4O7S. The fourth-order valence-electron chi connectivity index (χ4n) is 5.53. The molecule has 1 aliphatic rings. The number of benzene rings is 3. The number of aliphatic hydroxyl groups excluding tert-OH is 1. The molecule has 0 aliphatic carbocycles. The Morgan fingerprint density at radius 3 is 2.37 bits per heavy atom. The fraction of sp³-hybridized carbons (Fsp3) is 0.444. The molecule has 0 saturated carbocycles. The van der Waals surface area contributed by atoms with Crippen LogP contribution in [-0.4, -0.2) is 86.3 Å². The largest absolute Gasteiger partial charge is 0.490 e. The molecule has 0 aromatic heterocycles. The third-order valence-corrected chi connectivity index (χ3v) is 10.4. The van der Waals surface area contributed by atoms with Crippen molar-refractivity contribution in [1.29, 1.82) is 0 Å². The Morgan fingerprint density at radius 1 is 1.04 bits per heavy atom. The molecule has 1 heterocycles. The third kappa shape index (κ3) is 10.2. The van der Waals surface area contributed by atoms with Gasteiger partial charge in [0.25, 0.3) is 5.91 Å². The number of aryl methyl sites for hydroxylation is 1. The number of anilines is 2.